The fraction of sp³-hybridized carbons (Fsp3) is 0.222. The number of carbonyl (C=O) groups excluding carboxylic acids is 1. The fourth-order valence-electron chi connectivity index (χ4n) is 3.79. The van der Waals surface area contributed by atoms with Crippen LogP contribution in [0.3, 0.4) is 0 Å². The predicted octanol–water partition coefficient (Wildman–Crippen LogP) is 6.42. The van der Waals surface area contributed by atoms with Crippen molar-refractivity contribution in [2.45, 2.75) is 31.6 Å². The summed E-state index contributed by atoms with van der Waals surface area (Å²) in [4.78, 5) is 13.6. The standard InChI is InChI=1S/C27H28N2O4S2/c1-17(2)19-6-8-21(9-7-19)28-27(30)26-16-20-15-22(10-13-25(20)34-26)29(4)35(31,32)23-11-12-24(33-5)18(3)14-23/h6-17H,1-5H3,(H,28,30). The molecular formula is C27H28N2O4S2. The number of nitrogens with zero attached hydrogens (tertiary/aromatic N) is 1. The van der Waals surface area contributed by atoms with Gasteiger partial charge in [0.25, 0.3) is 15.9 Å². The number of hydrogen-bond donors (Lipinski definition) is 1. The Morgan fingerprint density at radius 2 is 1.71 bits per heavy atom. The first-order valence-corrected chi connectivity index (χ1v) is 13.4. The van der Waals surface area contributed by atoms with Gasteiger partial charge in [0.05, 0.1) is 22.6 Å². The average Bonchev–Trinajstić information content (AvgIpc) is 3.27. The molecule has 0 saturated carbocycles. The first-order chi connectivity index (χ1) is 16.6. The summed E-state index contributed by atoms with van der Waals surface area (Å²) in [5.41, 5.74) is 3.20. The summed E-state index contributed by atoms with van der Waals surface area (Å²) in [7, 11) is -0.690. The number of hydrogen-bond acceptors (Lipinski definition) is 5. The topological polar surface area (TPSA) is 75.7 Å². The molecule has 0 aliphatic carbocycles. The average molecular weight is 509 g/mol. The third-order valence-corrected chi connectivity index (χ3v) is 8.84. The van der Waals surface area contributed by atoms with Crippen LogP contribution in [0.2, 0.25) is 0 Å². The summed E-state index contributed by atoms with van der Waals surface area (Å²) in [5.74, 6) is 0.861. The van der Waals surface area contributed by atoms with Gasteiger partial charge in [-0.25, -0.2) is 8.42 Å². The molecule has 1 N–H and O–H groups in total. The van der Waals surface area contributed by atoms with Crippen molar-refractivity contribution in [2.75, 3.05) is 23.8 Å². The van der Waals surface area contributed by atoms with Crippen LogP contribution in [-0.4, -0.2) is 28.5 Å². The summed E-state index contributed by atoms with van der Waals surface area (Å²) in [6.45, 7) is 6.06. The van der Waals surface area contributed by atoms with Gasteiger partial charge in [-0.15, -0.1) is 11.3 Å². The Morgan fingerprint density at radius 1 is 1.00 bits per heavy atom. The number of methoxy groups -OCH3 is 1. The molecule has 0 atom stereocenters. The Morgan fingerprint density at radius 3 is 2.34 bits per heavy atom. The van der Waals surface area contributed by atoms with Crippen LogP contribution in [-0.2, 0) is 10.0 Å². The van der Waals surface area contributed by atoms with Crippen LogP contribution in [0, 0.1) is 6.92 Å². The number of benzene rings is 3. The van der Waals surface area contributed by atoms with E-state index < -0.39 is 10.0 Å². The highest BCUT2D eigenvalue weighted by atomic mass is 32.2. The fourth-order valence-corrected chi connectivity index (χ4v) is 6.00. The van der Waals surface area contributed by atoms with Gasteiger partial charge in [0.1, 0.15) is 5.75 Å². The molecule has 0 saturated heterocycles. The molecule has 0 aliphatic heterocycles. The predicted molar refractivity (Wildman–Crippen MR) is 144 cm³/mol. The normalized spacial score (nSPS) is 11.6. The zero-order valence-electron chi connectivity index (χ0n) is 20.3. The third kappa shape index (κ3) is 5.04. The maximum atomic E-state index is 13.2. The zero-order valence-corrected chi connectivity index (χ0v) is 22.0. The SMILES string of the molecule is COc1ccc(S(=O)(=O)N(C)c2ccc3sc(C(=O)Nc4ccc(C(C)C)cc4)cc3c2)cc1C. The van der Waals surface area contributed by atoms with E-state index in [1.807, 2.05) is 30.3 Å². The lowest BCUT2D eigenvalue weighted by molar-refractivity contribution is 0.103. The first-order valence-electron chi connectivity index (χ1n) is 11.2. The highest BCUT2D eigenvalue weighted by Gasteiger charge is 2.23. The molecule has 0 fully saturated rings. The van der Waals surface area contributed by atoms with E-state index in [9.17, 15) is 13.2 Å². The van der Waals surface area contributed by atoms with Gasteiger partial charge in [-0.1, -0.05) is 26.0 Å². The number of amides is 1. The summed E-state index contributed by atoms with van der Waals surface area (Å²) in [5, 5.41) is 3.74. The number of fused-ring (bicyclic) bond motifs is 1. The monoisotopic (exact) mass is 508 g/mol. The number of carbonyl (C=O) groups is 1. The number of nitrogens with one attached hydrogen (secondary N) is 1. The van der Waals surface area contributed by atoms with E-state index in [2.05, 4.69) is 19.2 Å². The highest BCUT2D eigenvalue weighted by molar-refractivity contribution is 7.92. The second-order valence-corrected chi connectivity index (χ2v) is 11.7. The summed E-state index contributed by atoms with van der Waals surface area (Å²) in [6, 6.07) is 19.8. The molecule has 182 valence electrons. The summed E-state index contributed by atoms with van der Waals surface area (Å²) < 4.78 is 33.8. The van der Waals surface area contributed by atoms with Crippen LogP contribution in [0.1, 0.15) is 40.6 Å². The van der Waals surface area contributed by atoms with Crippen molar-refractivity contribution in [2.24, 2.45) is 0 Å². The molecule has 8 heteroatoms. The molecule has 0 spiro atoms. The van der Waals surface area contributed by atoms with E-state index in [4.69, 9.17) is 4.74 Å². The molecule has 4 aromatic rings. The quantitative estimate of drug-likeness (QED) is 0.313. The molecule has 0 unspecified atom stereocenters. The van der Waals surface area contributed by atoms with Gasteiger partial charge in [-0.3, -0.25) is 9.10 Å². The third-order valence-electron chi connectivity index (χ3n) is 5.95. The Hall–Kier alpha value is -3.36. The van der Waals surface area contributed by atoms with Gasteiger partial charge in [0.15, 0.2) is 0 Å². The molecule has 3 aromatic carbocycles. The minimum Gasteiger partial charge on any atom is -0.496 e. The molecule has 0 bridgehead atoms. The van der Waals surface area contributed by atoms with Crippen LogP contribution < -0.4 is 14.4 Å². The number of aryl methyl sites for hydroxylation is 1. The van der Waals surface area contributed by atoms with E-state index in [-0.39, 0.29) is 10.8 Å². The number of anilines is 2. The molecule has 0 radical (unpaired) electrons. The van der Waals surface area contributed by atoms with E-state index in [1.165, 1.54) is 34.3 Å². The van der Waals surface area contributed by atoms with E-state index in [1.54, 1.807) is 44.4 Å². The molecule has 4 rings (SSSR count). The van der Waals surface area contributed by atoms with E-state index in [0.717, 1.165) is 21.3 Å². The molecule has 1 heterocycles. The number of rotatable bonds is 7. The maximum absolute atomic E-state index is 13.2. The van der Waals surface area contributed by atoms with Crippen LogP contribution in [0.4, 0.5) is 11.4 Å². The van der Waals surface area contributed by atoms with Gasteiger partial charge >= 0.3 is 0 Å². The Bertz CT molecular complexity index is 1490. The lowest BCUT2D eigenvalue weighted by Crippen LogP contribution is -2.26. The summed E-state index contributed by atoms with van der Waals surface area (Å²) >= 11 is 1.37. The zero-order chi connectivity index (χ0) is 25.3. The molecule has 1 amide bonds. The Labute approximate surface area is 210 Å². The van der Waals surface area contributed by atoms with Crippen molar-refractivity contribution in [3.63, 3.8) is 0 Å². The van der Waals surface area contributed by atoms with Crippen molar-refractivity contribution in [3.05, 3.63) is 82.7 Å². The van der Waals surface area contributed by atoms with E-state index >= 15 is 0 Å². The Kier molecular flexibility index (Phi) is 6.87. The minimum absolute atomic E-state index is 0.187. The summed E-state index contributed by atoms with van der Waals surface area (Å²) in [6.07, 6.45) is 0. The van der Waals surface area contributed by atoms with Crippen molar-refractivity contribution >= 4 is 48.7 Å². The van der Waals surface area contributed by atoms with Gasteiger partial charge in [-0.2, -0.15) is 0 Å². The van der Waals surface area contributed by atoms with Crippen LogP contribution in [0.15, 0.2) is 71.6 Å². The second kappa shape index (κ2) is 9.71. The molecule has 0 aliphatic rings. The Balaban J connectivity index is 1.57. The number of thiophene rings is 1. The molecule has 35 heavy (non-hydrogen) atoms. The van der Waals surface area contributed by atoms with Gasteiger partial charge in [0.2, 0.25) is 0 Å². The molecular weight excluding hydrogens is 480 g/mol. The van der Waals surface area contributed by atoms with Gasteiger partial charge in [0, 0.05) is 17.4 Å². The second-order valence-electron chi connectivity index (χ2n) is 8.67. The molecule has 6 nitrogen and oxygen atoms in total. The van der Waals surface area contributed by atoms with Gasteiger partial charge < -0.3 is 10.1 Å². The number of sulfonamides is 1. The van der Waals surface area contributed by atoms with Crippen molar-refractivity contribution in [3.8, 4) is 5.75 Å². The lowest BCUT2D eigenvalue weighted by atomic mass is 10.0. The largest absolute Gasteiger partial charge is 0.496 e. The first kappa shape index (κ1) is 24.8. The maximum Gasteiger partial charge on any atom is 0.265 e. The number of ether oxygens (including phenoxy) is 1. The minimum atomic E-state index is -3.77. The van der Waals surface area contributed by atoms with Crippen LogP contribution in [0.25, 0.3) is 10.1 Å². The van der Waals surface area contributed by atoms with Crippen molar-refractivity contribution in [1.82, 2.24) is 0 Å². The van der Waals surface area contributed by atoms with E-state index in [0.29, 0.717) is 22.2 Å². The van der Waals surface area contributed by atoms with Crippen molar-refractivity contribution in [1.29, 1.82) is 0 Å². The lowest BCUT2D eigenvalue weighted by Gasteiger charge is -2.20. The highest BCUT2D eigenvalue weighted by Crippen LogP contribution is 2.32. The van der Waals surface area contributed by atoms with Crippen molar-refractivity contribution < 1.29 is 17.9 Å². The van der Waals surface area contributed by atoms with Crippen LogP contribution in [0.5, 0.6) is 5.75 Å². The van der Waals surface area contributed by atoms with Crippen LogP contribution >= 0.6 is 11.3 Å². The molecule has 1 aromatic heterocycles. The van der Waals surface area contributed by atoms with Gasteiger partial charge in [-0.05, 0) is 84.0 Å². The smallest absolute Gasteiger partial charge is 0.265 e.